The summed E-state index contributed by atoms with van der Waals surface area (Å²) in [5.74, 6) is -0.145. The van der Waals surface area contributed by atoms with Gasteiger partial charge in [-0.3, -0.25) is 9.69 Å². The van der Waals surface area contributed by atoms with Gasteiger partial charge < -0.3 is 9.47 Å². The number of hydrogen-bond donors (Lipinski definition) is 0. The monoisotopic (exact) mass is 203 g/mol. The van der Waals surface area contributed by atoms with E-state index in [1.54, 1.807) is 7.11 Å². The standard InChI is InChI=1S/C10H21NO3/c1-5-9(10(12)14-6-2)11(3)7-8-13-4/h9H,5-8H2,1-4H3. The Morgan fingerprint density at radius 2 is 2.07 bits per heavy atom. The predicted molar refractivity (Wildman–Crippen MR) is 55.2 cm³/mol. The van der Waals surface area contributed by atoms with E-state index in [2.05, 4.69) is 0 Å². The summed E-state index contributed by atoms with van der Waals surface area (Å²) in [5.41, 5.74) is 0. The fraction of sp³-hybridized carbons (Fsp3) is 0.900. The maximum atomic E-state index is 11.5. The van der Waals surface area contributed by atoms with E-state index in [-0.39, 0.29) is 12.0 Å². The number of esters is 1. The van der Waals surface area contributed by atoms with Crippen molar-refractivity contribution in [3.63, 3.8) is 0 Å². The number of carbonyl (C=O) groups is 1. The van der Waals surface area contributed by atoms with E-state index in [0.29, 0.717) is 13.2 Å². The third kappa shape index (κ3) is 4.58. The van der Waals surface area contributed by atoms with Crippen LogP contribution in [0.2, 0.25) is 0 Å². The molecular weight excluding hydrogens is 182 g/mol. The van der Waals surface area contributed by atoms with Crippen LogP contribution in [0.3, 0.4) is 0 Å². The van der Waals surface area contributed by atoms with Gasteiger partial charge in [-0.05, 0) is 20.4 Å². The molecule has 0 rings (SSSR count). The van der Waals surface area contributed by atoms with Crippen LogP contribution in [0.1, 0.15) is 20.3 Å². The average molecular weight is 203 g/mol. The summed E-state index contributed by atoms with van der Waals surface area (Å²) < 4.78 is 9.93. The molecule has 0 spiro atoms. The number of methoxy groups -OCH3 is 1. The van der Waals surface area contributed by atoms with Gasteiger partial charge in [0.05, 0.1) is 13.2 Å². The largest absolute Gasteiger partial charge is 0.465 e. The molecule has 0 aliphatic heterocycles. The molecule has 4 nitrogen and oxygen atoms in total. The summed E-state index contributed by atoms with van der Waals surface area (Å²) in [6, 6.07) is -0.148. The molecule has 0 saturated carbocycles. The van der Waals surface area contributed by atoms with E-state index in [9.17, 15) is 4.79 Å². The summed E-state index contributed by atoms with van der Waals surface area (Å²) in [7, 11) is 3.56. The molecule has 0 aliphatic rings. The van der Waals surface area contributed by atoms with E-state index in [1.807, 2.05) is 25.8 Å². The zero-order valence-corrected chi connectivity index (χ0v) is 9.58. The first-order chi connectivity index (χ1) is 6.67. The van der Waals surface area contributed by atoms with Crippen molar-refractivity contribution >= 4 is 5.97 Å². The smallest absolute Gasteiger partial charge is 0.323 e. The second kappa shape index (κ2) is 7.76. The number of likely N-dealkylation sites (N-methyl/N-ethyl adjacent to an activating group) is 1. The fourth-order valence-corrected chi connectivity index (χ4v) is 1.29. The maximum absolute atomic E-state index is 11.5. The molecule has 14 heavy (non-hydrogen) atoms. The second-order valence-electron chi connectivity index (χ2n) is 3.15. The van der Waals surface area contributed by atoms with Gasteiger partial charge in [-0.1, -0.05) is 6.92 Å². The first-order valence-electron chi connectivity index (χ1n) is 5.03. The number of carbonyl (C=O) groups excluding carboxylic acids is 1. The molecule has 4 heteroatoms. The number of rotatable bonds is 7. The lowest BCUT2D eigenvalue weighted by Crippen LogP contribution is -2.40. The minimum atomic E-state index is -0.148. The van der Waals surface area contributed by atoms with Crippen LogP contribution >= 0.6 is 0 Å². The fourth-order valence-electron chi connectivity index (χ4n) is 1.29. The Kier molecular flexibility index (Phi) is 7.42. The summed E-state index contributed by atoms with van der Waals surface area (Å²) >= 11 is 0. The highest BCUT2D eigenvalue weighted by molar-refractivity contribution is 5.75. The Bertz CT molecular complexity index is 161. The van der Waals surface area contributed by atoms with Crippen LogP contribution in [0.5, 0.6) is 0 Å². The van der Waals surface area contributed by atoms with Gasteiger partial charge >= 0.3 is 5.97 Å². The molecule has 1 atom stereocenters. The molecule has 0 heterocycles. The third-order valence-corrected chi connectivity index (χ3v) is 2.13. The van der Waals surface area contributed by atoms with Gasteiger partial charge in [0.25, 0.3) is 0 Å². The highest BCUT2D eigenvalue weighted by Gasteiger charge is 2.21. The maximum Gasteiger partial charge on any atom is 0.323 e. The Balaban J connectivity index is 4.03. The van der Waals surface area contributed by atoms with Gasteiger partial charge in [0.1, 0.15) is 6.04 Å². The minimum Gasteiger partial charge on any atom is -0.465 e. The first-order valence-corrected chi connectivity index (χ1v) is 5.03. The number of hydrogen-bond acceptors (Lipinski definition) is 4. The van der Waals surface area contributed by atoms with Crippen molar-refractivity contribution in [3.05, 3.63) is 0 Å². The molecule has 84 valence electrons. The highest BCUT2D eigenvalue weighted by Crippen LogP contribution is 2.03. The van der Waals surface area contributed by atoms with Crippen molar-refractivity contribution in [1.82, 2.24) is 4.90 Å². The lowest BCUT2D eigenvalue weighted by molar-refractivity contribution is -0.149. The predicted octanol–water partition coefficient (Wildman–Crippen LogP) is 0.906. The highest BCUT2D eigenvalue weighted by atomic mass is 16.5. The van der Waals surface area contributed by atoms with Gasteiger partial charge in [0, 0.05) is 13.7 Å². The van der Waals surface area contributed by atoms with Gasteiger partial charge in [-0.2, -0.15) is 0 Å². The molecule has 0 radical (unpaired) electrons. The average Bonchev–Trinajstić information content (AvgIpc) is 2.16. The zero-order valence-electron chi connectivity index (χ0n) is 9.58. The van der Waals surface area contributed by atoms with Crippen molar-refractivity contribution in [3.8, 4) is 0 Å². The molecule has 0 aromatic rings. The van der Waals surface area contributed by atoms with Gasteiger partial charge in [-0.25, -0.2) is 0 Å². The zero-order chi connectivity index (χ0) is 11.0. The van der Waals surface area contributed by atoms with E-state index >= 15 is 0 Å². The molecule has 0 bridgehead atoms. The van der Waals surface area contributed by atoms with Crippen molar-refractivity contribution in [2.45, 2.75) is 26.3 Å². The molecule has 1 unspecified atom stereocenters. The van der Waals surface area contributed by atoms with E-state index in [0.717, 1.165) is 13.0 Å². The quantitative estimate of drug-likeness (QED) is 0.576. The van der Waals surface area contributed by atoms with Crippen molar-refractivity contribution in [1.29, 1.82) is 0 Å². The summed E-state index contributed by atoms with van der Waals surface area (Å²) in [6.07, 6.45) is 0.763. The molecule has 0 N–H and O–H groups in total. The number of nitrogens with zero attached hydrogens (tertiary/aromatic N) is 1. The summed E-state index contributed by atoms with van der Waals surface area (Å²) in [5, 5.41) is 0. The van der Waals surface area contributed by atoms with Crippen LogP contribution in [0.25, 0.3) is 0 Å². The third-order valence-electron chi connectivity index (χ3n) is 2.13. The van der Waals surface area contributed by atoms with Crippen LogP contribution in [0.4, 0.5) is 0 Å². The minimum absolute atomic E-state index is 0.145. The lowest BCUT2D eigenvalue weighted by atomic mass is 10.2. The molecule has 0 aromatic carbocycles. The Hall–Kier alpha value is -0.610. The van der Waals surface area contributed by atoms with E-state index < -0.39 is 0 Å². The van der Waals surface area contributed by atoms with Crippen molar-refractivity contribution in [2.24, 2.45) is 0 Å². The van der Waals surface area contributed by atoms with Gasteiger partial charge in [0.15, 0.2) is 0 Å². The van der Waals surface area contributed by atoms with Gasteiger partial charge in [0.2, 0.25) is 0 Å². The van der Waals surface area contributed by atoms with Crippen LogP contribution in [-0.4, -0.2) is 50.8 Å². The molecule has 0 aliphatic carbocycles. The molecule has 0 fully saturated rings. The van der Waals surface area contributed by atoms with Gasteiger partial charge in [-0.15, -0.1) is 0 Å². The Labute approximate surface area is 86.2 Å². The van der Waals surface area contributed by atoms with Crippen molar-refractivity contribution < 1.29 is 14.3 Å². The molecule has 0 aromatic heterocycles. The normalized spacial score (nSPS) is 12.9. The lowest BCUT2D eigenvalue weighted by Gasteiger charge is -2.24. The van der Waals surface area contributed by atoms with Crippen molar-refractivity contribution in [2.75, 3.05) is 33.9 Å². The Morgan fingerprint density at radius 1 is 1.43 bits per heavy atom. The summed E-state index contributed by atoms with van der Waals surface area (Å²) in [4.78, 5) is 13.4. The molecule has 0 amide bonds. The first kappa shape index (κ1) is 13.4. The van der Waals surface area contributed by atoms with Crippen LogP contribution < -0.4 is 0 Å². The van der Waals surface area contributed by atoms with E-state index in [4.69, 9.17) is 9.47 Å². The molecule has 0 saturated heterocycles. The van der Waals surface area contributed by atoms with Crippen LogP contribution in [0.15, 0.2) is 0 Å². The van der Waals surface area contributed by atoms with Crippen LogP contribution in [-0.2, 0) is 14.3 Å². The molecular formula is C10H21NO3. The summed E-state index contributed by atoms with van der Waals surface area (Å²) in [6.45, 7) is 5.61. The van der Waals surface area contributed by atoms with E-state index in [1.165, 1.54) is 0 Å². The van der Waals surface area contributed by atoms with Crippen LogP contribution in [0, 0.1) is 0 Å². The number of ether oxygens (including phenoxy) is 2. The topological polar surface area (TPSA) is 38.8 Å². The second-order valence-corrected chi connectivity index (χ2v) is 3.15. The SMILES string of the molecule is CCOC(=O)C(CC)N(C)CCOC. The Morgan fingerprint density at radius 3 is 2.50 bits per heavy atom.